The van der Waals surface area contributed by atoms with Gasteiger partial charge in [-0.15, -0.1) is 0 Å². The molecule has 0 radical (unpaired) electrons. The van der Waals surface area contributed by atoms with Gasteiger partial charge in [0.05, 0.1) is 4.92 Å². The van der Waals surface area contributed by atoms with Crippen molar-refractivity contribution in [1.29, 1.82) is 0 Å². The van der Waals surface area contributed by atoms with Gasteiger partial charge in [-0.05, 0) is 32.0 Å². The van der Waals surface area contributed by atoms with Crippen LogP contribution in [0.1, 0.15) is 25.8 Å². The number of nitro groups is 1. The van der Waals surface area contributed by atoms with E-state index >= 15 is 0 Å². The molecule has 0 amide bonds. The largest absolute Gasteiger partial charge is 0.376 e. The monoisotopic (exact) mass is 335 g/mol. The van der Waals surface area contributed by atoms with Gasteiger partial charge in [-0.3, -0.25) is 10.1 Å². The number of nitrogens with one attached hydrogen (secondary N) is 1. The first kappa shape index (κ1) is 15.4. The van der Waals surface area contributed by atoms with Crippen LogP contribution in [0.5, 0.6) is 0 Å². The number of fused-ring (bicyclic) bond motifs is 3. The molecule has 3 N–H and O–H groups in total. The standard InChI is InChI=1S/C13H17N7O2S/c1-3-7(2)18-5-4-8-10(17-13(14)23)16-11-9(20(21)22)6-15-19(11)12(8)18/h6-7H,3-5H2,1-2H3,(H3,14,16,17,23). The predicted octanol–water partition coefficient (Wildman–Crippen LogP) is 1.45. The fourth-order valence-electron chi connectivity index (χ4n) is 2.86. The molecule has 1 atom stereocenters. The zero-order chi connectivity index (χ0) is 16.7. The minimum absolute atomic E-state index is 0.0770. The van der Waals surface area contributed by atoms with Crippen LogP contribution in [0, 0.1) is 10.1 Å². The Balaban J connectivity index is 2.27. The summed E-state index contributed by atoms with van der Waals surface area (Å²) in [5, 5.41) is 18.3. The van der Waals surface area contributed by atoms with Gasteiger partial charge in [0.15, 0.2) is 5.11 Å². The smallest absolute Gasteiger partial charge is 0.333 e. The molecule has 0 bridgehead atoms. The maximum Gasteiger partial charge on any atom is 0.333 e. The van der Waals surface area contributed by atoms with Gasteiger partial charge in [0, 0.05) is 18.2 Å². The van der Waals surface area contributed by atoms with Crippen LogP contribution < -0.4 is 16.0 Å². The number of rotatable bonds is 4. The van der Waals surface area contributed by atoms with Crippen LogP contribution in [0.15, 0.2) is 6.20 Å². The highest BCUT2D eigenvalue weighted by Crippen LogP contribution is 2.36. The van der Waals surface area contributed by atoms with Crippen molar-refractivity contribution in [2.24, 2.45) is 5.73 Å². The highest BCUT2D eigenvalue weighted by atomic mass is 32.1. The van der Waals surface area contributed by atoms with Crippen LogP contribution in [0.25, 0.3) is 5.65 Å². The van der Waals surface area contributed by atoms with E-state index in [1.807, 2.05) is 0 Å². The molecule has 23 heavy (non-hydrogen) atoms. The Morgan fingerprint density at radius 3 is 3.00 bits per heavy atom. The summed E-state index contributed by atoms with van der Waals surface area (Å²) in [7, 11) is 0. The van der Waals surface area contributed by atoms with Gasteiger partial charge < -0.3 is 16.0 Å². The lowest BCUT2D eigenvalue weighted by atomic mass is 10.2. The minimum atomic E-state index is -0.491. The Morgan fingerprint density at radius 2 is 2.39 bits per heavy atom. The normalized spacial score (nSPS) is 14.8. The van der Waals surface area contributed by atoms with Gasteiger partial charge in [-0.1, -0.05) is 6.92 Å². The molecule has 10 heteroatoms. The third kappa shape index (κ3) is 2.44. The average molecular weight is 335 g/mol. The second-order valence-corrected chi connectivity index (χ2v) is 5.91. The highest BCUT2D eigenvalue weighted by Gasteiger charge is 2.32. The summed E-state index contributed by atoms with van der Waals surface area (Å²) < 4.78 is 1.54. The number of nitrogens with two attached hydrogens (primary N) is 1. The number of anilines is 2. The molecular weight excluding hydrogens is 318 g/mol. The predicted molar refractivity (Wildman–Crippen MR) is 90.9 cm³/mol. The number of nitrogens with zero attached hydrogens (tertiary/aromatic N) is 5. The van der Waals surface area contributed by atoms with Crippen molar-refractivity contribution in [3.63, 3.8) is 0 Å². The Kier molecular flexibility index (Phi) is 3.76. The molecule has 1 aliphatic heterocycles. The van der Waals surface area contributed by atoms with E-state index in [1.54, 1.807) is 0 Å². The number of hydrogen-bond acceptors (Lipinski definition) is 6. The fraction of sp³-hybridized carbons (Fsp3) is 0.462. The maximum atomic E-state index is 11.2. The average Bonchev–Trinajstić information content (AvgIpc) is 3.09. The van der Waals surface area contributed by atoms with E-state index in [0.29, 0.717) is 5.82 Å². The Labute approximate surface area is 137 Å². The molecule has 0 saturated carbocycles. The zero-order valence-corrected chi connectivity index (χ0v) is 13.6. The first-order valence-corrected chi connectivity index (χ1v) is 7.73. The third-order valence-electron chi connectivity index (χ3n) is 4.14. The van der Waals surface area contributed by atoms with Crippen molar-refractivity contribution in [3.05, 3.63) is 21.9 Å². The lowest BCUT2D eigenvalue weighted by molar-refractivity contribution is -0.383. The van der Waals surface area contributed by atoms with Gasteiger partial charge in [0.2, 0.25) is 5.65 Å². The van der Waals surface area contributed by atoms with Crippen molar-refractivity contribution in [2.45, 2.75) is 32.7 Å². The van der Waals surface area contributed by atoms with E-state index in [-0.39, 0.29) is 22.5 Å². The quantitative estimate of drug-likeness (QED) is 0.490. The van der Waals surface area contributed by atoms with Crippen molar-refractivity contribution in [1.82, 2.24) is 14.6 Å². The zero-order valence-electron chi connectivity index (χ0n) is 12.8. The number of hydrogen-bond donors (Lipinski definition) is 2. The molecule has 122 valence electrons. The van der Waals surface area contributed by atoms with E-state index in [1.165, 1.54) is 10.7 Å². The first-order chi connectivity index (χ1) is 10.9. The second kappa shape index (κ2) is 5.61. The van der Waals surface area contributed by atoms with Crippen molar-refractivity contribution in [2.75, 3.05) is 16.8 Å². The second-order valence-electron chi connectivity index (χ2n) is 5.47. The van der Waals surface area contributed by atoms with E-state index < -0.39 is 4.92 Å². The molecule has 0 spiro atoms. The molecule has 2 aromatic heterocycles. The SMILES string of the molecule is CCC(C)N1CCc2c(NC(N)=S)nc3c([N+](=O)[O-])cnn3c21. The minimum Gasteiger partial charge on any atom is -0.376 e. The van der Waals surface area contributed by atoms with Crippen LogP contribution in [-0.4, -0.2) is 37.2 Å². The van der Waals surface area contributed by atoms with Crippen LogP contribution in [-0.2, 0) is 6.42 Å². The van der Waals surface area contributed by atoms with E-state index in [0.717, 1.165) is 30.8 Å². The molecule has 3 rings (SSSR count). The fourth-order valence-corrected chi connectivity index (χ4v) is 2.96. The van der Waals surface area contributed by atoms with E-state index in [4.69, 9.17) is 18.0 Å². The Hall–Kier alpha value is -2.49. The summed E-state index contributed by atoms with van der Waals surface area (Å²) in [4.78, 5) is 17.2. The molecule has 3 heterocycles. The Morgan fingerprint density at radius 1 is 1.65 bits per heavy atom. The molecule has 9 nitrogen and oxygen atoms in total. The van der Waals surface area contributed by atoms with Crippen molar-refractivity contribution in [3.8, 4) is 0 Å². The number of aromatic nitrogens is 3. The van der Waals surface area contributed by atoms with Gasteiger partial charge in [0.25, 0.3) is 0 Å². The van der Waals surface area contributed by atoms with Gasteiger partial charge in [-0.2, -0.15) is 9.61 Å². The molecule has 0 fully saturated rings. The van der Waals surface area contributed by atoms with Crippen molar-refractivity contribution >= 4 is 40.3 Å². The summed E-state index contributed by atoms with van der Waals surface area (Å²) in [6.45, 7) is 5.01. The van der Waals surface area contributed by atoms with Crippen LogP contribution in [0.3, 0.4) is 0 Å². The molecule has 0 saturated heterocycles. The summed E-state index contributed by atoms with van der Waals surface area (Å²) in [5.74, 6) is 1.28. The van der Waals surface area contributed by atoms with E-state index in [2.05, 4.69) is 34.1 Å². The van der Waals surface area contributed by atoms with Crippen molar-refractivity contribution < 1.29 is 4.92 Å². The summed E-state index contributed by atoms with van der Waals surface area (Å²) >= 11 is 4.90. The molecule has 1 aliphatic rings. The van der Waals surface area contributed by atoms with Crippen LogP contribution in [0.2, 0.25) is 0 Å². The molecular formula is C13H17N7O2S. The highest BCUT2D eigenvalue weighted by molar-refractivity contribution is 7.80. The van der Waals surface area contributed by atoms with Gasteiger partial charge in [0.1, 0.15) is 17.8 Å². The first-order valence-electron chi connectivity index (χ1n) is 7.32. The lowest BCUT2D eigenvalue weighted by Gasteiger charge is -2.26. The lowest BCUT2D eigenvalue weighted by Crippen LogP contribution is -2.32. The summed E-state index contributed by atoms with van der Waals surface area (Å²) in [6.07, 6.45) is 2.92. The van der Waals surface area contributed by atoms with Crippen LogP contribution in [0.4, 0.5) is 17.3 Å². The molecule has 1 unspecified atom stereocenters. The van der Waals surface area contributed by atoms with E-state index in [9.17, 15) is 10.1 Å². The maximum absolute atomic E-state index is 11.2. The third-order valence-corrected chi connectivity index (χ3v) is 4.24. The van der Waals surface area contributed by atoms with Gasteiger partial charge >= 0.3 is 5.69 Å². The number of thiocarbonyl (C=S) groups is 1. The van der Waals surface area contributed by atoms with Crippen LogP contribution >= 0.6 is 12.2 Å². The molecule has 0 aromatic carbocycles. The van der Waals surface area contributed by atoms with Gasteiger partial charge in [-0.25, -0.2) is 4.98 Å². The molecule has 0 aliphatic carbocycles. The summed E-state index contributed by atoms with van der Waals surface area (Å²) in [5.41, 5.74) is 6.53. The topological polar surface area (TPSA) is 115 Å². The summed E-state index contributed by atoms with van der Waals surface area (Å²) in [6, 6.07) is 0.280. The molecule has 2 aromatic rings. The Bertz CT molecular complexity index is 803.